The topological polar surface area (TPSA) is 46.2 Å². The van der Waals surface area contributed by atoms with Crippen LogP contribution in [0.2, 0.25) is 0 Å². The summed E-state index contributed by atoms with van der Waals surface area (Å²) in [6, 6.07) is 0. The second-order valence-electron chi connectivity index (χ2n) is 4.07. The minimum absolute atomic E-state index is 0.362. The molecule has 1 N–H and O–H groups in total. The van der Waals surface area contributed by atoms with Crippen LogP contribution in [0.25, 0.3) is 0 Å². The van der Waals surface area contributed by atoms with Gasteiger partial charge in [0, 0.05) is 12.4 Å². The highest BCUT2D eigenvalue weighted by atomic mass is 35.5. The molecule has 1 atom stereocenters. The molecule has 92 valence electrons. The Morgan fingerprint density at radius 2 is 1.87 bits per heavy atom. The molecule has 15 heavy (non-hydrogen) atoms. The second-order valence-corrected chi connectivity index (χ2v) is 6.77. The summed E-state index contributed by atoms with van der Waals surface area (Å²) in [4.78, 5) is 0. The van der Waals surface area contributed by atoms with Crippen molar-refractivity contribution in [3.8, 4) is 0 Å². The molecule has 0 amide bonds. The Morgan fingerprint density at radius 3 is 2.27 bits per heavy atom. The summed E-state index contributed by atoms with van der Waals surface area (Å²) >= 11 is 5.67. The predicted molar refractivity (Wildman–Crippen MR) is 65.8 cm³/mol. The smallest absolute Gasteiger partial charge is 0.213 e. The van der Waals surface area contributed by atoms with Crippen LogP contribution in [0.1, 0.15) is 40.0 Å². The lowest BCUT2D eigenvalue weighted by atomic mass is 10.0. The van der Waals surface area contributed by atoms with Crippen LogP contribution >= 0.6 is 11.6 Å². The Morgan fingerprint density at radius 1 is 1.27 bits per heavy atom. The molecule has 0 radical (unpaired) electrons. The van der Waals surface area contributed by atoms with Gasteiger partial charge < -0.3 is 0 Å². The van der Waals surface area contributed by atoms with Crippen molar-refractivity contribution in [2.75, 3.05) is 12.4 Å². The SMILES string of the molecule is CCCC(CCCl)CNS(=O)(=O)C(C)C. The van der Waals surface area contributed by atoms with Crippen LogP contribution in [0.3, 0.4) is 0 Å². The van der Waals surface area contributed by atoms with Crippen molar-refractivity contribution in [3.05, 3.63) is 0 Å². The van der Waals surface area contributed by atoms with Crippen molar-refractivity contribution in [2.45, 2.75) is 45.3 Å². The lowest BCUT2D eigenvalue weighted by molar-refractivity contribution is 0.456. The molecule has 0 saturated carbocycles. The van der Waals surface area contributed by atoms with E-state index < -0.39 is 10.0 Å². The summed E-state index contributed by atoms with van der Waals surface area (Å²) in [6.07, 6.45) is 2.95. The molecule has 1 unspecified atom stereocenters. The molecule has 0 aromatic carbocycles. The molecule has 0 aliphatic rings. The Kier molecular flexibility index (Phi) is 7.57. The van der Waals surface area contributed by atoms with Gasteiger partial charge in [-0.05, 0) is 32.6 Å². The zero-order chi connectivity index (χ0) is 11.9. The molecule has 0 saturated heterocycles. The molecule has 0 aliphatic heterocycles. The molecular weight excluding hydrogens is 234 g/mol. The van der Waals surface area contributed by atoms with Crippen LogP contribution in [-0.4, -0.2) is 26.1 Å². The summed E-state index contributed by atoms with van der Waals surface area (Å²) in [7, 11) is -3.12. The quantitative estimate of drug-likeness (QED) is 0.677. The van der Waals surface area contributed by atoms with Gasteiger partial charge in [-0.15, -0.1) is 11.6 Å². The van der Waals surface area contributed by atoms with Gasteiger partial charge in [-0.3, -0.25) is 0 Å². The van der Waals surface area contributed by atoms with E-state index in [0.717, 1.165) is 19.3 Å². The van der Waals surface area contributed by atoms with Crippen molar-refractivity contribution in [3.63, 3.8) is 0 Å². The van der Waals surface area contributed by atoms with E-state index in [1.807, 2.05) is 0 Å². The lowest BCUT2D eigenvalue weighted by Crippen LogP contribution is -2.34. The van der Waals surface area contributed by atoms with E-state index in [-0.39, 0.29) is 5.25 Å². The molecule has 0 fully saturated rings. The van der Waals surface area contributed by atoms with Crippen LogP contribution in [0.5, 0.6) is 0 Å². The van der Waals surface area contributed by atoms with Crippen LogP contribution in [0, 0.1) is 5.92 Å². The van der Waals surface area contributed by atoms with Crippen molar-refractivity contribution in [1.29, 1.82) is 0 Å². The Bertz CT molecular complexity index is 246. The number of alkyl halides is 1. The van der Waals surface area contributed by atoms with Crippen LogP contribution in [0.15, 0.2) is 0 Å². The zero-order valence-electron chi connectivity index (χ0n) is 9.79. The van der Waals surface area contributed by atoms with Crippen molar-refractivity contribution < 1.29 is 8.42 Å². The first-order valence-electron chi connectivity index (χ1n) is 5.48. The van der Waals surface area contributed by atoms with Gasteiger partial charge >= 0.3 is 0 Å². The van der Waals surface area contributed by atoms with Gasteiger partial charge in [-0.25, -0.2) is 13.1 Å². The summed E-state index contributed by atoms with van der Waals surface area (Å²) in [6.45, 7) is 5.97. The Labute approximate surface area is 98.6 Å². The fourth-order valence-corrected chi connectivity index (χ4v) is 2.42. The van der Waals surface area contributed by atoms with Gasteiger partial charge in [-0.2, -0.15) is 0 Å². The maximum absolute atomic E-state index is 11.5. The van der Waals surface area contributed by atoms with Gasteiger partial charge in [0.1, 0.15) is 0 Å². The van der Waals surface area contributed by atoms with E-state index in [9.17, 15) is 8.42 Å². The summed E-state index contributed by atoms with van der Waals surface area (Å²) in [5.74, 6) is 0.953. The van der Waals surface area contributed by atoms with Crippen molar-refractivity contribution in [2.24, 2.45) is 5.92 Å². The normalized spacial score (nSPS) is 14.5. The molecule has 0 aromatic heterocycles. The molecule has 3 nitrogen and oxygen atoms in total. The van der Waals surface area contributed by atoms with E-state index in [4.69, 9.17) is 11.6 Å². The highest BCUT2D eigenvalue weighted by Crippen LogP contribution is 2.11. The monoisotopic (exact) mass is 255 g/mol. The molecule has 0 spiro atoms. The third-order valence-corrected chi connectivity index (χ3v) is 4.44. The van der Waals surface area contributed by atoms with E-state index in [1.54, 1.807) is 13.8 Å². The highest BCUT2D eigenvalue weighted by Gasteiger charge is 2.17. The largest absolute Gasteiger partial charge is 0.215 e. The summed E-state index contributed by atoms with van der Waals surface area (Å²) in [5.41, 5.74) is 0. The van der Waals surface area contributed by atoms with E-state index in [1.165, 1.54) is 0 Å². The summed E-state index contributed by atoms with van der Waals surface area (Å²) in [5, 5.41) is -0.365. The highest BCUT2D eigenvalue weighted by molar-refractivity contribution is 7.90. The molecule has 0 heterocycles. The fraction of sp³-hybridized carbons (Fsp3) is 1.00. The van der Waals surface area contributed by atoms with E-state index >= 15 is 0 Å². The fourth-order valence-electron chi connectivity index (χ4n) is 1.31. The minimum atomic E-state index is -3.12. The number of hydrogen-bond acceptors (Lipinski definition) is 2. The first kappa shape index (κ1) is 15.2. The number of halogens is 1. The molecule has 0 aliphatic carbocycles. The molecule has 0 aromatic rings. The first-order valence-corrected chi connectivity index (χ1v) is 7.56. The minimum Gasteiger partial charge on any atom is -0.215 e. The molecule has 0 bridgehead atoms. The number of rotatable bonds is 8. The standard InChI is InChI=1S/C10H22ClNO2S/c1-4-5-10(6-7-11)8-12-15(13,14)9(2)3/h9-10,12H,4-8H2,1-3H3. The Balaban J connectivity index is 4.09. The van der Waals surface area contributed by atoms with Gasteiger partial charge in [0.2, 0.25) is 10.0 Å². The third-order valence-electron chi connectivity index (χ3n) is 2.41. The zero-order valence-corrected chi connectivity index (χ0v) is 11.4. The summed E-state index contributed by atoms with van der Waals surface area (Å²) < 4.78 is 25.6. The maximum atomic E-state index is 11.5. The molecule has 0 rings (SSSR count). The van der Waals surface area contributed by atoms with E-state index in [0.29, 0.717) is 18.3 Å². The van der Waals surface area contributed by atoms with Gasteiger partial charge in [0.05, 0.1) is 5.25 Å². The first-order chi connectivity index (χ1) is 6.94. The number of nitrogens with one attached hydrogen (secondary N) is 1. The number of sulfonamides is 1. The maximum Gasteiger partial charge on any atom is 0.213 e. The Hall–Kier alpha value is 0.200. The predicted octanol–water partition coefficient (Wildman–Crippen LogP) is 2.36. The van der Waals surface area contributed by atoms with Gasteiger partial charge in [-0.1, -0.05) is 13.3 Å². The average Bonchev–Trinajstić information content (AvgIpc) is 2.15. The lowest BCUT2D eigenvalue weighted by Gasteiger charge is -2.16. The van der Waals surface area contributed by atoms with Crippen molar-refractivity contribution >= 4 is 21.6 Å². The van der Waals surface area contributed by atoms with Crippen LogP contribution < -0.4 is 4.72 Å². The van der Waals surface area contributed by atoms with E-state index in [2.05, 4.69) is 11.6 Å². The van der Waals surface area contributed by atoms with Crippen molar-refractivity contribution in [1.82, 2.24) is 4.72 Å². The van der Waals surface area contributed by atoms with Crippen LogP contribution in [0.4, 0.5) is 0 Å². The second kappa shape index (κ2) is 7.47. The van der Waals surface area contributed by atoms with Gasteiger partial charge in [0.15, 0.2) is 0 Å². The molecular formula is C10H22ClNO2S. The molecule has 5 heteroatoms. The third kappa shape index (κ3) is 6.38. The number of hydrogen-bond donors (Lipinski definition) is 1. The average molecular weight is 256 g/mol. The van der Waals surface area contributed by atoms with Gasteiger partial charge in [0.25, 0.3) is 0 Å². The van der Waals surface area contributed by atoms with Crippen LogP contribution in [-0.2, 0) is 10.0 Å².